The van der Waals surface area contributed by atoms with Gasteiger partial charge in [0.15, 0.2) is 0 Å². The van der Waals surface area contributed by atoms with Crippen LogP contribution in [0, 0.1) is 11.3 Å². The monoisotopic (exact) mass is 254 g/mol. The molecule has 0 aliphatic carbocycles. The molecule has 1 unspecified atom stereocenters. The van der Waals surface area contributed by atoms with E-state index < -0.39 is 0 Å². The van der Waals surface area contributed by atoms with Gasteiger partial charge in [-0.3, -0.25) is 14.5 Å². The van der Waals surface area contributed by atoms with E-state index in [0.29, 0.717) is 25.3 Å². The molecule has 1 saturated heterocycles. The summed E-state index contributed by atoms with van der Waals surface area (Å²) in [4.78, 5) is 25.4. The smallest absolute Gasteiger partial charge is 0.229 e. The highest BCUT2D eigenvalue weighted by Crippen LogP contribution is 2.31. The van der Waals surface area contributed by atoms with Crippen molar-refractivity contribution in [2.24, 2.45) is 11.3 Å². The van der Waals surface area contributed by atoms with E-state index in [2.05, 4.69) is 19.2 Å². The van der Waals surface area contributed by atoms with Gasteiger partial charge in [0.05, 0.1) is 0 Å². The number of likely N-dealkylation sites (tertiary alicyclic amines) is 1. The van der Waals surface area contributed by atoms with E-state index in [9.17, 15) is 9.59 Å². The highest BCUT2D eigenvalue weighted by molar-refractivity contribution is 5.98. The van der Waals surface area contributed by atoms with Crippen LogP contribution in [0.25, 0.3) is 0 Å². The lowest BCUT2D eigenvalue weighted by Crippen LogP contribution is -2.48. The number of hydrogen-bond donors (Lipinski definition) is 1. The van der Waals surface area contributed by atoms with Crippen LogP contribution in [0.4, 0.5) is 0 Å². The van der Waals surface area contributed by atoms with E-state index in [1.807, 2.05) is 13.8 Å². The highest BCUT2D eigenvalue weighted by atomic mass is 16.2. The maximum atomic E-state index is 12.0. The minimum absolute atomic E-state index is 0.0152. The lowest BCUT2D eigenvalue weighted by Gasteiger charge is -2.35. The van der Waals surface area contributed by atoms with Crippen molar-refractivity contribution in [3.63, 3.8) is 0 Å². The fraction of sp³-hybridized carbons (Fsp3) is 0.857. The molecular formula is C14H26N2O2. The van der Waals surface area contributed by atoms with Gasteiger partial charge in [-0.1, -0.05) is 27.7 Å². The molecule has 1 aliphatic heterocycles. The zero-order valence-corrected chi connectivity index (χ0v) is 12.1. The van der Waals surface area contributed by atoms with E-state index in [1.165, 1.54) is 4.90 Å². The molecular weight excluding hydrogens is 228 g/mol. The van der Waals surface area contributed by atoms with E-state index in [4.69, 9.17) is 0 Å². The maximum Gasteiger partial charge on any atom is 0.229 e. The Kier molecular flexibility index (Phi) is 5.32. The van der Waals surface area contributed by atoms with Gasteiger partial charge in [-0.15, -0.1) is 0 Å². The van der Waals surface area contributed by atoms with Crippen LogP contribution >= 0.6 is 0 Å². The molecule has 0 aromatic heterocycles. The number of piperidine rings is 1. The maximum absolute atomic E-state index is 12.0. The highest BCUT2D eigenvalue weighted by Gasteiger charge is 2.37. The van der Waals surface area contributed by atoms with Crippen LogP contribution in [0.15, 0.2) is 0 Å². The van der Waals surface area contributed by atoms with Crippen LogP contribution in [0.1, 0.15) is 47.0 Å². The third-order valence-electron chi connectivity index (χ3n) is 3.28. The zero-order valence-electron chi connectivity index (χ0n) is 12.1. The summed E-state index contributed by atoms with van der Waals surface area (Å²) < 4.78 is 0. The number of nitrogens with one attached hydrogen (secondary N) is 1. The molecule has 1 aliphatic rings. The summed E-state index contributed by atoms with van der Waals surface area (Å²) in [5.41, 5.74) is -0.172. The summed E-state index contributed by atoms with van der Waals surface area (Å²) in [6.45, 7) is 10.5. The third kappa shape index (κ3) is 4.41. The molecule has 4 heteroatoms. The predicted molar refractivity (Wildman–Crippen MR) is 72.1 cm³/mol. The summed E-state index contributed by atoms with van der Waals surface area (Å²) in [5.74, 6) is 0.280. The summed E-state index contributed by atoms with van der Waals surface area (Å²) in [5, 5.41) is 3.32. The van der Waals surface area contributed by atoms with Gasteiger partial charge < -0.3 is 5.32 Å². The first-order chi connectivity index (χ1) is 8.35. The quantitative estimate of drug-likeness (QED) is 0.581. The van der Waals surface area contributed by atoms with Crippen molar-refractivity contribution >= 4 is 11.8 Å². The lowest BCUT2D eigenvalue weighted by molar-refractivity contribution is -0.153. The van der Waals surface area contributed by atoms with Crippen LogP contribution in [-0.4, -0.2) is 36.3 Å². The number of rotatable bonds is 6. The van der Waals surface area contributed by atoms with Crippen molar-refractivity contribution in [2.45, 2.75) is 47.0 Å². The van der Waals surface area contributed by atoms with E-state index in [1.54, 1.807) is 0 Å². The summed E-state index contributed by atoms with van der Waals surface area (Å²) in [7, 11) is 0. The Morgan fingerprint density at radius 3 is 2.33 bits per heavy atom. The van der Waals surface area contributed by atoms with Gasteiger partial charge in [0.2, 0.25) is 11.8 Å². The first-order valence-electron chi connectivity index (χ1n) is 6.89. The number of amides is 2. The molecule has 18 heavy (non-hydrogen) atoms. The molecule has 1 rings (SSSR count). The fourth-order valence-electron chi connectivity index (χ4n) is 2.32. The van der Waals surface area contributed by atoms with Gasteiger partial charge in [-0.2, -0.15) is 0 Å². The normalized spacial score (nSPS) is 21.2. The Hall–Kier alpha value is -0.900. The van der Waals surface area contributed by atoms with Crippen LogP contribution in [0.2, 0.25) is 0 Å². The number of carbonyl (C=O) groups excluding carboxylic acids is 2. The Bertz CT molecular complexity index is 293. The molecule has 0 bridgehead atoms. The number of hydrogen-bond acceptors (Lipinski definition) is 3. The van der Waals surface area contributed by atoms with Crippen LogP contribution in [0.5, 0.6) is 0 Å². The molecule has 4 nitrogen and oxygen atoms in total. The Balaban J connectivity index is 2.46. The van der Waals surface area contributed by atoms with Crippen LogP contribution in [0.3, 0.4) is 0 Å². The van der Waals surface area contributed by atoms with Gasteiger partial charge in [-0.25, -0.2) is 0 Å². The van der Waals surface area contributed by atoms with Gasteiger partial charge in [-0.05, 0) is 30.8 Å². The second-order valence-electron chi connectivity index (χ2n) is 6.23. The van der Waals surface area contributed by atoms with Crippen LogP contribution in [-0.2, 0) is 9.59 Å². The van der Waals surface area contributed by atoms with E-state index in [-0.39, 0.29) is 17.2 Å². The van der Waals surface area contributed by atoms with Crippen molar-refractivity contribution in [3.05, 3.63) is 0 Å². The first-order valence-corrected chi connectivity index (χ1v) is 6.89. The molecule has 1 heterocycles. The van der Waals surface area contributed by atoms with Crippen molar-refractivity contribution in [3.8, 4) is 0 Å². The fourth-order valence-corrected chi connectivity index (χ4v) is 2.32. The molecule has 0 aromatic rings. The largest absolute Gasteiger partial charge is 0.316 e. The van der Waals surface area contributed by atoms with Gasteiger partial charge >= 0.3 is 0 Å². The number of nitrogens with zero attached hydrogens (tertiary/aromatic N) is 1. The molecule has 1 N–H and O–H groups in total. The van der Waals surface area contributed by atoms with E-state index in [0.717, 1.165) is 19.5 Å². The minimum atomic E-state index is -0.172. The standard InChI is InChI=1S/C14H26N2O2/c1-5-6-15-9-11(2)10-16-12(17)7-14(3,4)8-13(16)18/h11,15H,5-10H2,1-4H3. The first kappa shape index (κ1) is 15.2. The van der Waals surface area contributed by atoms with E-state index >= 15 is 0 Å². The molecule has 0 radical (unpaired) electrons. The van der Waals surface area contributed by atoms with Gasteiger partial charge in [0.25, 0.3) is 0 Å². The van der Waals surface area contributed by atoms with Crippen molar-refractivity contribution in [1.29, 1.82) is 0 Å². The SMILES string of the molecule is CCCNCC(C)CN1C(=O)CC(C)(C)CC1=O. The van der Waals surface area contributed by atoms with Crippen LogP contribution < -0.4 is 5.32 Å². The molecule has 2 amide bonds. The Labute approximate surface area is 110 Å². The second-order valence-corrected chi connectivity index (χ2v) is 6.23. The lowest BCUT2D eigenvalue weighted by atomic mass is 9.81. The van der Waals surface area contributed by atoms with Gasteiger partial charge in [0.1, 0.15) is 0 Å². The summed E-state index contributed by atoms with van der Waals surface area (Å²) in [6, 6.07) is 0. The van der Waals surface area contributed by atoms with Gasteiger partial charge in [0, 0.05) is 19.4 Å². The zero-order chi connectivity index (χ0) is 13.8. The van der Waals surface area contributed by atoms with Crippen molar-refractivity contribution < 1.29 is 9.59 Å². The average molecular weight is 254 g/mol. The average Bonchev–Trinajstić information content (AvgIpc) is 2.22. The molecule has 1 fully saturated rings. The molecule has 104 valence electrons. The number of imide groups is 1. The minimum Gasteiger partial charge on any atom is -0.316 e. The summed E-state index contributed by atoms with van der Waals surface area (Å²) in [6.07, 6.45) is 2.06. The Morgan fingerprint density at radius 1 is 1.28 bits per heavy atom. The number of carbonyl (C=O) groups is 2. The second kappa shape index (κ2) is 6.32. The molecule has 1 atom stereocenters. The molecule has 0 spiro atoms. The van der Waals surface area contributed by atoms with Crippen molar-refractivity contribution in [1.82, 2.24) is 10.2 Å². The van der Waals surface area contributed by atoms with Crippen molar-refractivity contribution in [2.75, 3.05) is 19.6 Å². The Morgan fingerprint density at radius 2 is 1.83 bits per heavy atom. The third-order valence-corrected chi connectivity index (χ3v) is 3.28. The predicted octanol–water partition coefficient (Wildman–Crippen LogP) is 1.80. The topological polar surface area (TPSA) is 49.4 Å². The summed E-state index contributed by atoms with van der Waals surface area (Å²) >= 11 is 0. The molecule has 0 aromatic carbocycles. The molecule has 0 saturated carbocycles.